The molecule has 0 saturated carbocycles. The lowest BCUT2D eigenvalue weighted by molar-refractivity contribution is 0.103. The molecule has 0 atom stereocenters. The molecule has 0 saturated heterocycles. The number of pyridine rings is 1. The first kappa shape index (κ1) is 15.2. The van der Waals surface area contributed by atoms with Crippen molar-refractivity contribution in [3.05, 3.63) is 76.5 Å². The molecular formula is C17H13FN2O2S. The minimum atomic E-state index is -0.303. The van der Waals surface area contributed by atoms with Crippen molar-refractivity contribution in [1.82, 2.24) is 4.98 Å². The highest BCUT2D eigenvalue weighted by atomic mass is 32.1. The maximum Gasteiger partial charge on any atom is 0.265 e. The lowest BCUT2D eigenvalue weighted by Crippen LogP contribution is -2.10. The van der Waals surface area contributed by atoms with Gasteiger partial charge in [-0.3, -0.25) is 9.78 Å². The Morgan fingerprint density at radius 3 is 2.65 bits per heavy atom. The molecule has 23 heavy (non-hydrogen) atoms. The Morgan fingerprint density at radius 2 is 1.91 bits per heavy atom. The highest BCUT2D eigenvalue weighted by Gasteiger charge is 2.10. The number of rotatable bonds is 5. The number of ether oxygens (including phenoxy) is 1. The Hall–Kier alpha value is -2.73. The Bertz CT molecular complexity index is 788. The van der Waals surface area contributed by atoms with E-state index in [0.29, 0.717) is 22.9 Å². The number of nitrogens with zero attached hydrogens (tertiary/aromatic N) is 1. The SMILES string of the molecule is O=C(Nc1ccncc1)c1cc(COc2ccc(F)cc2)cs1. The van der Waals surface area contributed by atoms with Crippen LogP contribution >= 0.6 is 11.3 Å². The summed E-state index contributed by atoms with van der Waals surface area (Å²) in [6.07, 6.45) is 3.23. The summed E-state index contributed by atoms with van der Waals surface area (Å²) in [6, 6.07) is 11.1. The molecule has 0 aliphatic heterocycles. The predicted octanol–water partition coefficient (Wildman–Crippen LogP) is 4.11. The van der Waals surface area contributed by atoms with Crippen LogP contribution in [0.15, 0.2) is 60.2 Å². The topological polar surface area (TPSA) is 51.2 Å². The zero-order valence-electron chi connectivity index (χ0n) is 12.0. The third-order valence-electron chi connectivity index (χ3n) is 3.03. The number of hydrogen-bond donors (Lipinski definition) is 1. The van der Waals surface area contributed by atoms with Gasteiger partial charge in [-0.2, -0.15) is 0 Å². The molecule has 0 bridgehead atoms. The maximum atomic E-state index is 12.8. The second-order valence-electron chi connectivity index (χ2n) is 4.75. The molecule has 0 unspecified atom stereocenters. The molecule has 0 aliphatic carbocycles. The fourth-order valence-corrected chi connectivity index (χ4v) is 2.69. The van der Waals surface area contributed by atoms with E-state index in [2.05, 4.69) is 10.3 Å². The molecule has 0 radical (unpaired) electrons. The summed E-state index contributed by atoms with van der Waals surface area (Å²) in [4.78, 5) is 16.6. The maximum absolute atomic E-state index is 12.8. The van der Waals surface area contributed by atoms with Gasteiger partial charge in [0.05, 0.1) is 4.88 Å². The van der Waals surface area contributed by atoms with E-state index in [0.717, 1.165) is 5.56 Å². The van der Waals surface area contributed by atoms with Gasteiger partial charge in [0.25, 0.3) is 5.91 Å². The van der Waals surface area contributed by atoms with E-state index in [1.165, 1.54) is 23.5 Å². The van der Waals surface area contributed by atoms with E-state index in [4.69, 9.17) is 4.74 Å². The van der Waals surface area contributed by atoms with Gasteiger partial charge in [-0.1, -0.05) is 0 Å². The van der Waals surface area contributed by atoms with Crippen LogP contribution in [0.25, 0.3) is 0 Å². The van der Waals surface area contributed by atoms with Gasteiger partial charge in [0.1, 0.15) is 18.2 Å². The zero-order valence-corrected chi connectivity index (χ0v) is 12.8. The molecule has 0 aliphatic rings. The summed E-state index contributed by atoms with van der Waals surface area (Å²) in [7, 11) is 0. The van der Waals surface area contributed by atoms with E-state index in [1.54, 1.807) is 42.7 Å². The van der Waals surface area contributed by atoms with E-state index in [1.807, 2.05) is 5.38 Å². The van der Waals surface area contributed by atoms with Crippen molar-refractivity contribution in [2.24, 2.45) is 0 Å². The van der Waals surface area contributed by atoms with Crippen LogP contribution in [0.5, 0.6) is 5.75 Å². The Balaban J connectivity index is 1.59. The average molecular weight is 328 g/mol. The van der Waals surface area contributed by atoms with Gasteiger partial charge in [-0.15, -0.1) is 11.3 Å². The van der Waals surface area contributed by atoms with E-state index in [-0.39, 0.29) is 11.7 Å². The number of halogens is 1. The number of carbonyl (C=O) groups excluding carboxylic acids is 1. The van der Waals surface area contributed by atoms with E-state index >= 15 is 0 Å². The molecule has 4 nitrogen and oxygen atoms in total. The summed E-state index contributed by atoms with van der Waals surface area (Å²) in [5, 5.41) is 4.67. The van der Waals surface area contributed by atoms with Crippen molar-refractivity contribution in [3.63, 3.8) is 0 Å². The fraction of sp³-hybridized carbons (Fsp3) is 0.0588. The fourth-order valence-electron chi connectivity index (χ4n) is 1.90. The summed E-state index contributed by atoms with van der Waals surface area (Å²) >= 11 is 1.35. The van der Waals surface area contributed by atoms with Crippen molar-refractivity contribution < 1.29 is 13.9 Å². The highest BCUT2D eigenvalue weighted by Crippen LogP contribution is 2.19. The van der Waals surface area contributed by atoms with Crippen molar-refractivity contribution >= 4 is 22.9 Å². The van der Waals surface area contributed by atoms with Crippen molar-refractivity contribution in [3.8, 4) is 5.75 Å². The van der Waals surface area contributed by atoms with Crippen LogP contribution in [0.2, 0.25) is 0 Å². The summed E-state index contributed by atoms with van der Waals surface area (Å²) in [6.45, 7) is 0.324. The molecule has 116 valence electrons. The highest BCUT2D eigenvalue weighted by molar-refractivity contribution is 7.12. The number of carbonyl (C=O) groups is 1. The lowest BCUT2D eigenvalue weighted by Gasteiger charge is -2.04. The first-order chi connectivity index (χ1) is 11.2. The quantitative estimate of drug-likeness (QED) is 0.767. The largest absolute Gasteiger partial charge is 0.489 e. The smallest absolute Gasteiger partial charge is 0.265 e. The normalized spacial score (nSPS) is 10.3. The number of aromatic nitrogens is 1. The molecule has 1 N–H and O–H groups in total. The number of hydrogen-bond acceptors (Lipinski definition) is 4. The number of anilines is 1. The van der Waals surface area contributed by atoms with E-state index < -0.39 is 0 Å². The molecule has 0 spiro atoms. The van der Waals surface area contributed by atoms with Gasteiger partial charge >= 0.3 is 0 Å². The zero-order chi connectivity index (χ0) is 16.1. The first-order valence-electron chi connectivity index (χ1n) is 6.88. The number of thiophene rings is 1. The van der Waals surface area contributed by atoms with Crippen LogP contribution in [-0.2, 0) is 6.61 Å². The van der Waals surface area contributed by atoms with Crippen LogP contribution in [0, 0.1) is 5.82 Å². The Kier molecular flexibility index (Phi) is 4.63. The molecule has 1 amide bonds. The number of benzene rings is 1. The van der Waals surface area contributed by atoms with Crippen molar-refractivity contribution in [2.75, 3.05) is 5.32 Å². The minimum absolute atomic E-state index is 0.172. The van der Waals surface area contributed by atoms with E-state index in [9.17, 15) is 9.18 Å². The second-order valence-corrected chi connectivity index (χ2v) is 5.66. The molecular weight excluding hydrogens is 315 g/mol. The molecule has 6 heteroatoms. The molecule has 3 rings (SSSR count). The third-order valence-corrected chi connectivity index (χ3v) is 4.01. The molecule has 2 heterocycles. The Labute approximate surface area is 136 Å². The molecule has 2 aromatic heterocycles. The Morgan fingerprint density at radius 1 is 1.17 bits per heavy atom. The molecule has 3 aromatic rings. The average Bonchev–Trinajstić information content (AvgIpc) is 3.04. The molecule has 1 aromatic carbocycles. The van der Waals surface area contributed by atoms with Crippen LogP contribution in [0.1, 0.15) is 15.2 Å². The van der Waals surface area contributed by atoms with Gasteiger partial charge in [0, 0.05) is 23.6 Å². The van der Waals surface area contributed by atoms with Gasteiger partial charge in [0.2, 0.25) is 0 Å². The predicted molar refractivity (Wildman–Crippen MR) is 87.2 cm³/mol. The monoisotopic (exact) mass is 328 g/mol. The summed E-state index contributed by atoms with van der Waals surface area (Å²) < 4.78 is 18.4. The summed E-state index contributed by atoms with van der Waals surface area (Å²) in [5.41, 5.74) is 1.58. The van der Waals surface area contributed by atoms with Crippen LogP contribution in [-0.4, -0.2) is 10.9 Å². The summed E-state index contributed by atoms with van der Waals surface area (Å²) in [5.74, 6) is 0.109. The van der Waals surface area contributed by atoms with Crippen LogP contribution in [0.4, 0.5) is 10.1 Å². The third kappa shape index (κ3) is 4.14. The van der Waals surface area contributed by atoms with Gasteiger partial charge in [-0.25, -0.2) is 4.39 Å². The van der Waals surface area contributed by atoms with Gasteiger partial charge in [-0.05, 0) is 47.8 Å². The molecule has 0 fully saturated rings. The van der Waals surface area contributed by atoms with Gasteiger partial charge < -0.3 is 10.1 Å². The van der Waals surface area contributed by atoms with Gasteiger partial charge in [0.15, 0.2) is 0 Å². The standard InChI is InChI=1S/C17H13FN2O2S/c18-13-1-3-15(4-2-13)22-10-12-9-16(23-11-12)17(21)20-14-5-7-19-8-6-14/h1-9,11H,10H2,(H,19,20,21). The van der Waals surface area contributed by atoms with Crippen LogP contribution < -0.4 is 10.1 Å². The van der Waals surface area contributed by atoms with Crippen molar-refractivity contribution in [1.29, 1.82) is 0 Å². The first-order valence-corrected chi connectivity index (χ1v) is 7.76. The van der Waals surface area contributed by atoms with Crippen molar-refractivity contribution in [2.45, 2.75) is 6.61 Å². The second kappa shape index (κ2) is 7.02. The van der Waals surface area contributed by atoms with Crippen LogP contribution in [0.3, 0.4) is 0 Å². The lowest BCUT2D eigenvalue weighted by atomic mass is 10.3. The minimum Gasteiger partial charge on any atom is -0.489 e. The number of nitrogens with one attached hydrogen (secondary N) is 1. The number of amides is 1.